The zero-order valence-electron chi connectivity index (χ0n) is 20.3. The Kier molecular flexibility index (Phi) is 9.47. The first kappa shape index (κ1) is 25.9. The van der Waals surface area contributed by atoms with Crippen molar-refractivity contribution in [3.05, 3.63) is 59.2 Å². The third-order valence-electron chi connectivity index (χ3n) is 5.30. The molecule has 2 aromatic carbocycles. The van der Waals surface area contributed by atoms with Gasteiger partial charge in [-0.3, -0.25) is 9.59 Å². The second-order valence-corrected chi connectivity index (χ2v) is 9.50. The highest BCUT2D eigenvalue weighted by atomic mass is 16.4. The van der Waals surface area contributed by atoms with Crippen LogP contribution in [0.2, 0.25) is 0 Å². The van der Waals surface area contributed by atoms with E-state index in [0.717, 1.165) is 29.9 Å². The molecule has 0 radical (unpaired) electrons. The van der Waals surface area contributed by atoms with Crippen molar-refractivity contribution in [2.45, 2.75) is 53.4 Å². The van der Waals surface area contributed by atoms with Gasteiger partial charge in [0.15, 0.2) is 0 Å². The van der Waals surface area contributed by atoms with Crippen molar-refractivity contribution in [1.29, 1.82) is 5.26 Å². The van der Waals surface area contributed by atoms with Gasteiger partial charge in [-0.25, -0.2) is 0 Å². The van der Waals surface area contributed by atoms with Crippen molar-refractivity contribution in [3.8, 4) is 6.07 Å². The summed E-state index contributed by atoms with van der Waals surface area (Å²) in [6.07, 6.45) is 0.216. The maximum atomic E-state index is 12.9. The van der Waals surface area contributed by atoms with Crippen LogP contribution in [0.25, 0.3) is 0 Å². The number of carbonyl (C=O) groups excluding carboxylic acids is 1. The number of hydrogen-bond donors (Lipinski definition) is 2. The van der Waals surface area contributed by atoms with Crippen LogP contribution < -0.4 is 10.2 Å². The molecule has 1 atom stereocenters. The van der Waals surface area contributed by atoms with Crippen LogP contribution >= 0.6 is 0 Å². The van der Waals surface area contributed by atoms with Gasteiger partial charge in [0, 0.05) is 13.1 Å². The van der Waals surface area contributed by atoms with Crippen LogP contribution in [0.15, 0.2) is 42.5 Å². The molecule has 2 N–H and O–H groups in total. The topological polar surface area (TPSA) is 93.4 Å². The minimum Gasteiger partial charge on any atom is -0.481 e. The van der Waals surface area contributed by atoms with E-state index in [1.807, 2.05) is 25.1 Å². The van der Waals surface area contributed by atoms with Gasteiger partial charge in [-0.1, -0.05) is 52.8 Å². The van der Waals surface area contributed by atoms with E-state index in [-0.39, 0.29) is 24.7 Å². The molecule has 0 aliphatic carbocycles. The fourth-order valence-corrected chi connectivity index (χ4v) is 3.85. The van der Waals surface area contributed by atoms with Gasteiger partial charge >= 0.3 is 5.97 Å². The quantitative estimate of drug-likeness (QED) is 0.477. The molecule has 0 heterocycles. The molecule has 33 heavy (non-hydrogen) atoms. The molecule has 0 aliphatic rings. The normalized spacial score (nSPS) is 11.8. The summed E-state index contributed by atoms with van der Waals surface area (Å²) in [5.41, 5.74) is 3.90. The second-order valence-electron chi connectivity index (χ2n) is 9.50. The molecule has 0 unspecified atom stereocenters. The molecule has 0 saturated carbocycles. The lowest BCUT2D eigenvalue weighted by molar-refractivity contribution is -0.137. The van der Waals surface area contributed by atoms with Crippen molar-refractivity contribution < 1.29 is 14.7 Å². The zero-order chi connectivity index (χ0) is 24.5. The van der Waals surface area contributed by atoms with E-state index in [0.29, 0.717) is 23.1 Å². The Hall–Kier alpha value is -3.33. The number of nitriles is 1. The Bertz CT molecular complexity index is 981. The van der Waals surface area contributed by atoms with Crippen molar-refractivity contribution in [1.82, 2.24) is 0 Å². The van der Waals surface area contributed by atoms with E-state index < -0.39 is 5.97 Å². The zero-order valence-corrected chi connectivity index (χ0v) is 20.3. The number of benzene rings is 2. The van der Waals surface area contributed by atoms with E-state index in [4.69, 9.17) is 5.26 Å². The summed E-state index contributed by atoms with van der Waals surface area (Å²) in [6.45, 7) is 12.2. The third kappa shape index (κ3) is 8.27. The Morgan fingerprint density at radius 1 is 1.00 bits per heavy atom. The van der Waals surface area contributed by atoms with Crippen LogP contribution in [0.1, 0.15) is 63.6 Å². The van der Waals surface area contributed by atoms with Gasteiger partial charge in [-0.2, -0.15) is 5.26 Å². The van der Waals surface area contributed by atoms with E-state index in [9.17, 15) is 14.7 Å². The minimum absolute atomic E-state index is 0.0275. The molecule has 0 fully saturated rings. The average molecular weight is 450 g/mol. The van der Waals surface area contributed by atoms with Gasteiger partial charge in [0.2, 0.25) is 5.91 Å². The molecular formula is C27H35N3O3. The third-order valence-corrected chi connectivity index (χ3v) is 5.30. The number of amides is 1. The summed E-state index contributed by atoms with van der Waals surface area (Å²) in [7, 11) is 0. The molecule has 0 bridgehead atoms. The minimum atomic E-state index is -0.848. The van der Waals surface area contributed by atoms with E-state index >= 15 is 0 Å². The Balaban J connectivity index is 2.37. The van der Waals surface area contributed by atoms with Crippen LogP contribution in [0.4, 0.5) is 11.4 Å². The molecule has 0 aromatic heterocycles. The van der Waals surface area contributed by atoms with E-state index in [2.05, 4.69) is 44.0 Å². The van der Waals surface area contributed by atoms with Gasteiger partial charge in [-0.15, -0.1) is 0 Å². The standard InChI is InChI=1S/C27H35N3O3/c1-18(2)16-30(17-19(3)4)25-11-10-23(20(5)12-27(32)33)14-24(25)29-26(31)13-21-6-8-22(15-28)9-7-21/h6-11,14,18-20H,12-13,16-17H2,1-5H3,(H,29,31)(H,32,33)/t20-/m1/s1. The van der Waals surface area contributed by atoms with Crippen molar-refractivity contribution in [2.24, 2.45) is 11.8 Å². The molecule has 2 rings (SSSR count). The monoisotopic (exact) mass is 449 g/mol. The van der Waals surface area contributed by atoms with Crippen molar-refractivity contribution in [2.75, 3.05) is 23.3 Å². The predicted molar refractivity (Wildman–Crippen MR) is 132 cm³/mol. The first-order chi connectivity index (χ1) is 15.6. The molecule has 1 amide bonds. The number of rotatable bonds is 11. The number of anilines is 2. The van der Waals surface area contributed by atoms with Crippen LogP contribution in [-0.4, -0.2) is 30.1 Å². The number of nitrogens with one attached hydrogen (secondary N) is 1. The molecule has 0 spiro atoms. The number of carboxylic acids is 1. The largest absolute Gasteiger partial charge is 0.481 e. The molecule has 2 aromatic rings. The summed E-state index contributed by atoms with van der Waals surface area (Å²) in [4.78, 5) is 26.4. The van der Waals surface area contributed by atoms with Crippen LogP contribution in [0.5, 0.6) is 0 Å². The Morgan fingerprint density at radius 3 is 2.12 bits per heavy atom. The van der Waals surface area contributed by atoms with E-state index in [1.165, 1.54) is 0 Å². The highest BCUT2D eigenvalue weighted by Crippen LogP contribution is 2.32. The summed E-state index contributed by atoms with van der Waals surface area (Å²) >= 11 is 0. The molecule has 0 aliphatic heterocycles. The van der Waals surface area contributed by atoms with Crippen molar-refractivity contribution >= 4 is 23.3 Å². The lowest BCUT2D eigenvalue weighted by Crippen LogP contribution is -2.32. The first-order valence-corrected chi connectivity index (χ1v) is 11.5. The van der Waals surface area contributed by atoms with Gasteiger partial charge in [-0.05, 0) is 53.1 Å². The molecule has 176 valence electrons. The maximum absolute atomic E-state index is 12.9. The number of hydrogen-bond acceptors (Lipinski definition) is 4. The smallest absolute Gasteiger partial charge is 0.303 e. The fraction of sp³-hybridized carbons (Fsp3) is 0.444. The molecule has 6 heteroatoms. The van der Waals surface area contributed by atoms with Crippen molar-refractivity contribution in [3.63, 3.8) is 0 Å². The highest BCUT2D eigenvalue weighted by molar-refractivity contribution is 5.95. The average Bonchev–Trinajstić information content (AvgIpc) is 2.72. The van der Waals surface area contributed by atoms with Crippen LogP contribution in [-0.2, 0) is 16.0 Å². The molecular weight excluding hydrogens is 414 g/mol. The summed E-state index contributed by atoms with van der Waals surface area (Å²) < 4.78 is 0. The number of aliphatic carboxylic acids is 1. The lowest BCUT2D eigenvalue weighted by atomic mass is 9.96. The molecule has 0 saturated heterocycles. The second kappa shape index (κ2) is 12.1. The number of nitrogens with zero attached hydrogens (tertiary/aromatic N) is 2. The summed E-state index contributed by atoms with van der Waals surface area (Å²) in [5.74, 6) is -0.292. The van der Waals surface area contributed by atoms with Gasteiger partial charge in [0.05, 0.1) is 35.8 Å². The fourth-order valence-electron chi connectivity index (χ4n) is 3.85. The Morgan fingerprint density at radius 2 is 1.61 bits per heavy atom. The predicted octanol–water partition coefficient (Wildman–Crippen LogP) is 5.44. The first-order valence-electron chi connectivity index (χ1n) is 11.5. The SMILES string of the molecule is CC(C)CN(CC(C)C)c1ccc([C@H](C)CC(=O)O)cc1NC(=O)Cc1ccc(C#N)cc1. The summed E-state index contributed by atoms with van der Waals surface area (Å²) in [6, 6.07) is 14.9. The Labute approximate surface area is 197 Å². The maximum Gasteiger partial charge on any atom is 0.303 e. The summed E-state index contributed by atoms with van der Waals surface area (Å²) in [5, 5.41) is 21.2. The van der Waals surface area contributed by atoms with E-state index in [1.54, 1.807) is 24.3 Å². The van der Waals surface area contributed by atoms with Crippen LogP contribution in [0, 0.1) is 23.2 Å². The van der Waals surface area contributed by atoms with Gasteiger partial charge < -0.3 is 15.3 Å². The number of carbonyl (C=O) groups is 2. The number of carboxylic acid groups (broad SMARTS) is 1. The molecule has 6 nitrogen and oxygen atoms in total. The van der Waals surface area contributed by atoms with Gasteiger partial charge in [0.25, 0.3) is 0 Å². The highest BCUT2D eigenvalue weighted by Gasteiger charge is 2.19. The van der Waals surface area contributed by atoms with Crippen LogP contribution in [0.3, 0.4) is 0 Å². The van der Waals surface area contributed by atoms with Gasteiger partial charge in [0.1, 0.15) is 0 Å². The lowest BCUT2D eigenvalue weighted by Gasteiger charge is -2.31.